The van der Waals surface area contributed by atoms with Gasteiger partial charge < -0.3 is 14.7 Å². The van der Waals surface area contributed by atoms with Gasteiger partial charge in [0, 0.05) is 13.1 Å². The number of aliphatic carboxylic acids is 1. The van der Waals surface area contributed by atoms with Crippen molar-refractivity contribution in [3.05, 3.63) is 29.6 Å². The largest absolute Gasteiger partial charge is 0.481 e. The zero-order chi connectivity index (χ0) is 18.1. The zero-order valence-electron chi connectivity index (χ0n) is 12.6. The molecule has 1 aromatic rings. The SMILES string of the molecule is Cc1ccc(F)c(OCC(=O)N2C[C@@H](C(F)(F)F)[C@H](C(=O)O)C2)c1. The molecule has 5 nitrogen and oxygen atoms in total. The maximum absolute atomic E-state index is 13.5. The van der Waals surface area contributed by atoms with Gasteiger partial charge in [-0.1, -0.05) is 6.07 Å². The van der Waals surface area contributed by atoms with E-state index in [1.165, 1.54) is 12.1 Å². The molecule has 1 aliphatic rings. The molecule has 1 saturated heterocycles. The van der Waals surface area contributed by atoms with Gasteiger partial charge in [0.15, 0.2) is 18.2 Å². The van der Waals surface area contributed by atoms with E-state index in [0.717, 1.165) is 11.0 Å². The summed E-state index contributed by atoms with van der Waals surface area (Å²) >= 11 is 0. The third kappa shape index (κ3) is 3.95. The molecule has 1 fully saturated rings. The summed E-state index contributed by atoms with van der Waals surface area (Å²) in [5, 5.41) is 8.90. The first kappa shape index (κ1) is 18.0. The Morgan fingerprint density at radius 3 is 2.54 bits per heavy atom. The molecule has 0 radical (unpaired) electrons. The van der Waals surface area contributed by atoms with E-state index in [2.05, 4.69) is 0 Å². The minimum Gasteiger partial charge on any atom is -0.481 e. The van der Waals surface area contributed by atoms with Crippen LogP contribution in [0.4, 0.5) is 17.6 Å². The number of carbonyl (C=O) groups excluding carboxylic acids is 1. The number of likely N-dealkylation sites (tertiary alicyclic amines) is 1. The fraction of sp³-hybridized carbons (Fsp3) is 0.467. The molecular weight excluding hydrogens is 334 g/mol. The molecule has 2 rings (SSSR count). The average Bonchev–Trinajstić information content (AvgIpc) is 2.93. The van der Waals surface area contributed by atoms with Crippen molar-refractivity contribution in [2.75, 3.05) is 19.7 Å². The van der Waals surface area contributed by atoms with E-state index in [1.807, 2.05) is 0 Å². The van der Waals surface area contributed by atoms with E-state index < -0.39 is 55.4 Å². The van der Waals surface area contributed by atoms with Gasteiger partial charge in [0.25, 0.3) is 5.91 Å². The maximum atomic E-state index is 13.5. The maximum Gasteiger partial charge on any atom is 0.394 e. The van der Waals surface area contributed by atoms with Gasteiger partial charge in [-0.05, 0) is 24.6 Å². The van der Waals surface area contributed by atoms with Gasteiger partial charge in [0.05, 0.1) is 11.8 Å². The second kappa shape index (κ2) is 6.66. The molecule has 0 unspecified atom stereocenters. The molecule has 0 aromatic heterocycles. The van der Waals surface area contributed by atoms with Gasteiger partial charge in [-0.2, -0.15) is 13.2 Å². The number of halogens is 4. The Morgan fingerprint density at radius 1 is 1.33 bits per heavy atom. The Balaban J connectivity index is 2.03. The minimum absolute atomic E-state index is 0.190. The molecule has 2 atom stereocenters. The van der Waals surface area contributed by atoms with Gasteiger partial charge in [0.2, 0.25) is 0 Å². The highest BCUT2D eigenvalue weighted by atomic mass is 19.4. The van der Waals surface area contributed by atoms with Crippen molar-refractivity contribution >= 4 is 11.9 Å². The van der Waals surface area contributed by atoms with Crippen LogP contribution in [0.5, 0.6) is 5.75 Å². The highest BCUT2D eigenvalue weighted by Gasteiger charge is 2.53. The van der Waals surface area contributed by atoms with Crippen LogP contribution in [0, 0.1) is 24.6 Å². The van der Waals surface area contributed by atoms with Crippen molar-refractivity contribution in [1.29, 1.82) is 0 Å². The predicted molar refractivity (Wildman–Crippen MR) is 73.9 cm³/mol. The lowest BCUT2D eigenvalue weighted by Crippen LogP contribution is -2.35. The Hall–Kier alpha value is -2.32. The molecule has 1 heterocycles. The summed E-state index contributed by atoms with van der Waals surface area (Å²) in [5.41, 5.74) is 0.683. The fourth-order valence-corrected chi connectivity index (χ4v) is 2.54. The summed E-state index contributed by atoms with van der Waals surface area (Å²) in [6, 6.07) is 3.99. The van der Waals surface area contributed by atoms with Crippen LogP contribution >= 0.6 is 0 Å². The molecule has 0 saturated carbocycles. The normalized spacial score (nSPS) is 21.0. The number of carbonyl (C=O) groups is 2. The van der Waals surface area contributed by atoms with Crippen LogP contribution in [0.1, 0.15) is 5.56 Å². The average molecular weight is 349 g/mol. The fourth-order valence-electron chi connectivity index (χ4n) is 2.54. The molecule has 24 heavy (non-hydrogen) atoms. The molecule has 9 heteroatoms. The van der Waals surface area contributed by atoms with Crippen molar-refractivity contribution in [1.82, 2.24) is 4.90 Å². The van der Waals surface area contributed by atoms with Gasteiger partial charge in [-0.3, -0.25) is 9.59 Å². The van der Waals surface area contributed by atoms with Crippen LogP contribution in [-0.2, 0) is 9.59 Å². The second-order valence-corrected chi connectivity index (χ2v) is 5.61. The van der Waals surface area contributed by atoms with Crippen LogP contribution in [0.15, 0.2) is 18.2 Å². The lowest BCUT2D eigenvalue weighted by Gasteiger charge is -2.18. The number of hydrogen-bond donors (Lipinski definition) is 1. The third-order valence-electron chi connectivity index (χ3n) is 3.85. The minimum atomic E-state index is -4.72. The first-order chi connectivity index (χ1) is 11.1. The standard InChI is InChI=1S/C15H15F4NO4/c1-8-2-3-11(16)12(4-8)24-7-13(21)20-5-9(14(22)23)10(6-20)15(17,18)19/h2-4,9-10H,5-7H2,1H3,(H,22,23)/t9-,10-/m1/s1. The summed E-state index contributed by atoms with van der Waals surface area (Å²) < 4.78 is 57.1. The topological polar surface area (TPSA) is 66.8 Å². The lowest BCUT2D eigenvalue weighted by molar-refractivity contribution is -0.188. The van der Waals surface area contributed by atoms with Gasteiger partial charge in [-0.15, -0.1) is 0 Å². The number of rotatable bonds is 4. The summed E-state index contributed by atoms with van der Waals surface area (Å²) in [7, 11) is 0. The number of ether oxygens (including phenoxy) is 1. The molecule has 0 aliphatic carbocycles. The predicted octanol–water partition coefficient (Wildman–Crippen LogP) is 2.23. The van der Waals surface area contributed by atoms with E-state index in [-0.39, 0.29) is 5.75 Å². The van der Waals surface area contributed by atoms with Crippen molar-refractivity contribution in [3.8, 4) is 5.75 Å². The Labute approximate surface area is 134 Å². The molecule has 0 spiro atoms. The Morgan fingerprint density at radius 2 is 2.00 bits per heavy atom. The van der Waals surface area contributed by atoms with E-state index in [1.54, 1.807) is 6.92 Å². The molecule has 1 amide bonds. The summed E-state index contributed by atoms with van der Waals surface area (Å²) in [6.07, 6.45) is -4.72. The first-order valence-corrected chi connectivity index (χ1v) is 7.06. The van der Waals surface area contributed by atoms with E-state index in [4.69, 9.17) is 9.84 Å². The van der Waals surface area contributed by atoms with Crippen LogP contribution in [0.3, 0.4) is 0 Å². The Bertz CT molecular complexity index is 647. The summed E-state index contributed by atoms with van der Waals surface area (Å²) in [4.78, 5) is 23.7. The van der Waals surface area contributed by atoms with Crippen LogP contribution in [0.2, 0.25) is 0 Å². The number of benzene rings is 1. The first-order valence-electron chi connectivity index (χ1n) is 7.06. The second-order valence-electron chi connectivity index (χ2n) is 5.61. The van der Waals surface area contributed by atoms with Crippen molar-refractivity contribution < 1.29 is 37.0 Å². The summed E-state index contributed by atoms with van der Waals surface area (Å²) in [5.74, 6) is -7.18. The number of hydrogen-bond acceptors (Lipinski definition) is 3. The number of aryl methyl sites for hydroxylation is 1. The molecule has 132 valence electrons. The van der Waals surface area contributed by atoms with E-state index in [0.29, 0.717) is 5.56 Å². The number of alkyl halides is 3. The molecule has 1 aliphatic heterocycles. The smallest absolute Gasteiger partial charge is 0.394 e. The zero-order valence-corrected chi connectivity index (χ0v) is 12.6. The highest BCUT2D eigenvalue weighted by molar-refractivity contribution is 5.80. The Kier molecular flexibility index (Phi) is 5.00. The molecule has 1 N–H and O–H groups in total. The highest BCUT2D eigenvalue weighted by Crippen LogP contribution is 2.37. The quantitative estimate of drug-likeness (QED) is 0.847. The molecule has 1 aromatic carbocycles. The lowest BCUT2D eigenvalue weighted by atomic mass is 9.96. The number of carboxylic acids is 1. The van der Waals surface area contributed by atoms with Crippen LogP contribution in [-0.4, -0.2) is 47.8 Å². The number of nitrogens with zero attached hydrogens (tertiary/aromatic N) is 1. The molecule has 0 bridgehead atoms. The van der Waals surface area contributed by atoms with Gasteiger partial charge in [0.1, 0.15) is 0 Å². The third-order valence-corrected chi connectivity index (χ3v) is 3.85. The van der Waals surface area contributed by atoms with E-state index in [9.17, 15) is 27.2 Å². The van der Waals surface area contributed by atoms with Gasteiger partial charge >= 0.3 is 12.1 Å². The van der Waals surface area contributed by atoms with Gasteiger partial charge in [-0.25, -0.2) is 4.39 Å². The van der Waals surface area contributed by atoms with E-state index >= 15 is 0 Å². The number of amides is 1. The monoisotopic (exact) mass is 349 g/mol. The van der Waals surface area contributed by atoms with Crippen LogP contribution < -0.4 is 4.74 Å². The van der Waals surface area contributed by atoms with Crippen molar-refractivity contribution in [3.63, 3.8) is 0 Å². The molecular formula is C15H15F4NO4. The van der Waals surface area contributed by atoms with Crippen molar-refractivity contribution in [2.24, 2.45) is 11.8 Å². The number of carboxylic acid groups (broad SMARTS) is 1. The summed E-state index contributed by atoms with van der Waals surface area (Å²) in [6.45, 7) is -0.297. The van der Waals surface area contributed by atoms with Crippen LogP contribution in [0.25, 0.3) is 0 Å². The van der Waals surface area contributed by atoms with Crippen molar-refractivity contribution in [2.45, 2.75) is 13.1 Å².